The molecule has 0 aliphatic carbocycles. The number of ether oxygens (including phenoxy) is 2. The Kier molecular flexibility index (Phi) is 6.95. The minimum absolute atomic E-state index is 0.00134. The predicted molar refractivity (Wildman–Crippen MR) is 87.7 cm³/mol. The Balaban J connectivity index is 3.31. The molecule has 7 nitrogen and oxygen atoms in total. The van der Waals surface area contributed by atoms with Crippen LogP contribution in [-0.4, -0.2) is 35.6 Å². The third-order valence-electron chi connectivity index (χ3n) is 3.02. The van der Waals surface area contributed by atoms with E-state index in [1.54, 1.807) is 0 Å². The lowest BCUT2D eigenvalue weighted by atomic mass is 9.99. The highest BCUT2D eigenvalue weighted by atomic mass is 16.6. The van der Waals surface area contributed by atoms with Crippen molar-refractivity contribution in [3.05, 3.63) is 59.2 Å². The molecule has 25 heavy (non-hydrogen) atoms. The van der Waals surface area contributed by atoms with Gasteiger partial charge in [0.05, 0.1) is 11.1 Å². The molecular weight excluding hydrogens is 328 g/mol. The molecule has 0 atom stereocenters. The highest BCUT2D eigenvalue weighted by molar-refractivity contribution is 6.11. The molecule has 0 saturated heterocycles. The summed E-state index contributed by atoms with van der Waals surface area (Å²) in [5.41, 5.74) is -0.263. The number of rotatable bonds is 6. The fourth-order valence-corrected chi connectivity index (χ4v) is 1.79. The summed E-state index contributed by atoms with van der Waals surface area (Å²) in [6, 6.07) is 4.18. The van der Waals surface area contributed by atoms with Crippen molar-refractivity contribution in [3.8, 4) is 0 Å². The smallest absolute Gasteiger partial charge is 0.347 e. The molecular formula is C18H18O7. The van der Waals surface area contributed by atoms with E-state index in [0.717, 1.165) is 0 Å². The van der Waals surface area contributed by atoms with Gasteiger partial charge in [0.2, 0.25) is 0 Å². The van der Waals surface area contributed by atoms with Gasteiger partial charge in [-0.2, -0.15) is 0 Å². The van der Waals surface area contributed by atoms with E-state index in [9.17, 15) is 19.2 Å². The van der Waals surface area contributed by atoms with E-state index in [1.165, 1.54) is 32.0 Å². The minimum Gasteiger partial charge on any atom is -0.396 e. The fourth-order valence-electron chi connectivity index (χ4n) is 1.79. The molecule has 0 bridgehead atoms. The molecule has 0 unspecified atom stereocenters. The summed E-state index contributed by atoms with van der Waals surface area (Å²) in [7, 11) is 0. The minimum atomic E-state index is -1.10. The largest absolute Gasteiger partial charge is 0.396 e. The molecule has 7 heteroatoms. The molecule has 0 aromatic heterocycles. The second-order valence-corrected chi connectivity index (χ2v) is 5.23. The molecule has 1 aromatic rings. The first-order valence-corrected chi connectivity index (χ1v) is 7.25. The maximum absolute atomic E-state index is 12.3. The van der Waals surface area contributed by atoms with E-state index < -0.39 is 23.9 Å². The summed E-state index contributed by atoms with van der Waals surface area (Å²) in [5, 5.41) is 9.13. The first kappa shape index (κ1) is 20.0. The Morgan fingerprint density at radius 3 is 1.96 bits per heavy atom. The third-order valence-corrected chi connectivity index (χ3v) is 3.02. The number of hydrogen-bond acceptors (Lipinski definition) is 7. The maximum Gasteiger partial charge on any atom is 0.347 e. The number of carbonyl (C=O) groups is 4. The summed E-state index contributed by atoms with van der Waals surface area (Å²) in [4.78, 5) is 47.6. The number of aliphatic hydroxyl groups excluding tert-OH is 1. The van der Waals surface area contributed by atoms with E-state index >= 15 is 0 Å². The zero-order valence-electron chi connectivity index (χ0n) is 14.0. The van der Waals surface area contributed by atoms with Gasteiger partial charge in [0.25, 0.3) is 0 Å². The van der Waals surface area contributed by atoms with Gasteiger partial charge < -0.3 is 14.6 Å². The van der Waals surface area contributed by atoms with Gasteiger partial charge in [0.1, 0.15) is 0 Å². The zero-order chi connectivity index (χ0) is 19.1. The lowest BCUT2D eigenvalue weighted by Gasteiger charge is -2.12. The predicted octanol–water partition coefficient (Wildman–Crippen LogP) is 1.74. The van der Waals surface area contributed by atoms with Crippen LogP contribution in [0.4, 0.5) is 0 Å². The van der Waals surface area contributed by atoms with Crippen molar-refractivity contribution in [1.82, 2.24) is 0 Å². The molecule has 132 valence electrons. The number of aliphatic hydroxyl groups is 1. The second kappa shape index (κ2) is 8.70. The standard InChI is InChI=1S/C18H18O7/c1-10(2)15(20)24-17(22)13-7-5-6-12(8-9-19)14(13)18(23)25-16(21)11(3)4/h5-7,19H,1,3,8-9H2,2,4H3. The van der Waals surface area contributed by atoms with E-state index in [4.69, 9.17) is 5.11 Å². The average molecular weight is 346 g/mol. The normalized spacial score (nSPS) is 9.88. The summed E-state index contributed by atoms with van der Waals surface area (Å²) < 4.78 is 9.28. The Morgan fingerprint density at radius 1 is 0.960 bits per heavy atom. The van der Waals surface area contributed by atoms with Crippen molar-refractivity contribution in [2.24, 2.45) is 0 Å². The fraction of sp³-hybridized carbons (Fsp3) is 0.222. The molecule has 1 N–H and O–H groups in total. The molecule has 0 radical (unpaired) electrons. The number of benzene rings is 1. The Hall–Kier alpha value is -3.06. The van der Waals surface area contributed by atoms with E-state index in [0.29, 0.717) is 0 Å². The van der Waals surface area contributed by atoms with Gasteiger partial charge in [-0.15, -0.1) is 0 Å². The van der Waals surface area contributed by atoms with Gasteiger partial charge in [0.15, 0.2) is 0 Å². The Morgan fingerprint density at radius 2 is 1.48 bits per heavy atom. The van der Waals surface area contributed by atoms with Gasteiger partial charge >= 0.3 is 23.9 Å². The van der Waals surface area contributed by atoms with Crippen LogP contribution in [0, 0.1) is 0 Å². The summed E-state index contributed by atoms with van der Waals surface area (Å²) in [6.45, 7) is 9.13. The van der Waals surface area contributed by atoms with Crippen LogP contribution in [0.15, 0.2) is 42.5 Å². The lowest BCUT2D eigenvalue weighted by molar-refractivity contribution is -0.134. The van der Waals surface area contributed by atoms with E-state index in [2.05, 4.69) is 22.6 Å². The summed E-state index contributed by atoms with van der Waals surface area (Å²) >= 11 is 0. The van der Waals surface area contributed by atoms with Crippen LogP contribution in [0.25, 0.3) is 0 Å². The van der Waals surface area contributed by atoms with Gasteiger partial charge in [-0.25, -0.2) is 19.2 Å². The van der Waals surface area contributed by atoms with Gasteiger partial charge in [-0.05, 0) is 31.9 Å². The molecule has 0 fully saturated rings. The quantitative estimate of drug-likeness (QED) is 0.475. The molecule has 0 aliphatic rings. The molecule has 1 rings (SSSR count). The third kappa shape index (κ3) is 5.22. The van der Waals surface area contributed by atoms with Crippen molar-refractivity contribution in [2.45, 2.75) is 20.3 Å². The van der Waals surface area contributed by atoms with Gasteiger partial charge in [-0.3, -0.25) is 0 Å². The molecule has 0 amide bonds. The van der Waals surface area contributed by atoms with E-state index in [1.807, 2.05) is 0 Å². The molecule has 0 saturated carbocycles. The molecule has 0 heterocycles. The summed E-state index contributed by atoms with van der Waals surface area (Å²) in [5.74, 6) is -4.11. The number of esters is 4. The lowest BCUT2D eigenvalue weighted by Crippen LogP contribution is -2.21. The van der Waals surface area contributed by atoms with Crippen molar-refractivity contribution in [3.63, 3.8) is 0 Å². The topological polar surface area (TPSA) is 107 Å². The van der Waals surface area contributed by atoms with E-state index in [-0.39, 0.29) is 40.9 Å². The Labute approximate surface area is 144 Å². The monoisotopic (exact) mass is 346 g/mol. The van der Waals surface area contributed by atoms with Crippen molar-refractivity contribution in [1.29, 1.82) is 0 Å². The van der Waals surface area contributed by atoms with Crippen LogP contribution in [0.2, 0.25) is 0 Å². The molecule has 0 spiro atoms. The maximum atomic E-state index is 12.3. The van der Waals surface area contributed by atoms with Crippen LogP contribution in [0.3, 0.4) is 0 Å². The average Bonchev–Trinajstić information content (AvgIpc) is 2.54. The van der Waals surface area contributed by atoms with Crippen molar-refractivity contribution >= 4 is 23.9 Å². The number of carbonyl (C=O) groups excluding carboxylic acids is 4. The first-order valence-electron chi connectivity index (χ1n) is 7.25. The second-order valence-electron chi connectivity index (χ2n) is 5.23. The van der Waals surface area contributed by atoms with Crippen LogP contribution in [0.1, 0.15) is 40.1 Å². The first-order chi connectivity index (χ1) is 11.7. The number of hydrogen-bond donors (Lipinski definition) is 1. The highest BCUT2D eigenvalue weighted by Crippen LogP contribution is 2.19. The van der Waals surface area contributed by atoms with Crippen LogP contribution in [0.5, 0.6) is 0 Å². The van der Waals surface area contributed by atoms with Crippen molar-refractivity contribution in [2.75, 3.05) is 6.61 Å². The van der Waals surface area contributed by atoms with Gasteiger partial charge in [0, 0.05) is 17.8 Å². The summed E-state index contributed by atoms with van der Waals surface area (Å²) in [6.07, 6.45) is 0.0290. The van der Waals surface area contributed by atoms with Crippen LogP contribution < -0.4 is 0 Å². The van der Waals surface area contributed by atoms with Crippen molar-refractivity contribution < 1.29 is 33.8 Å². The molecule has 0 aliphatic heterocycles. The zero-order valence-corrected chi connectivity index (χ0v) is 14.0. The van der Waals surface area contributed by atoms with Crippen LogP contribution >= 0.6 is 0 Å². The molecule has 1 aromatic carbocycles. The Bertz CT molecular complexity index is 759. The van der Waals surface area contributed by atoms with Gasteiger partial charge in [-0.1, -0.05) is 25.3 Å². The van der Waals surface area contributed by atoms with Crippen LogP contribution in [-0.2, 0) is 25.5 Å². The highest BCUT2D eigenvalue weighted by Gasteiger charge is 2.26. The SMILES string of the molecule is C=C(C)C(=O)OC(=O)c1cccc(CCO)c1C(=O)OC(=O)C(=C)C.